The number of phenolic OH excluding ortho intramolecular Hbond substituents is 1. The third kappa shape index (κ3) is 3.21. The summed E-state index contributed by atoms with van der Waals surface area (Å²) in [5.74, 6) is -0.775. The number of carbonyl (C=O) groups is 1. The summed E-state index contributed by atoms with van der Waals surface area (Å²) in [6.07, 6.45) is -0.226. The van der Waals surface area contributed by atoms with E-state index in [4.69, 9.17) is 4.74 Å². The summed E-state index contributed by atoms with van der Waals surface area (Å²) >= 11 is 0. The Morgan fingerprint density at radius 2 is 2.00 bits per heavy atom. The van der Waals surface area contributed by atoms with Crippen LogP contribution in [0.2, 0.25) is 0 Å². The average molecular weight is 328 g/mol. The predicted molar refractivity (Wildman–Crippen MR) is 85.8 cm³/mol. The first-order valence-corrected chi connectivity index (χ1v) is 7.49. The normalized spacial score (nSPS) is 17.5. The molecule has 3 rings (SSSR count). The molecule has 1 aliphatic rings. The Morgan fingerprint density at radius 3 is 2.71 bits per heavy atom. The van der Waals surface area contributed by atoms with E-state index in [1.165, 1.54) is 12.1 Å². The number of nitro benzene ring substituents is 1. The van der Waals surface area contributed by atoms with Crippen LogP contribution in [-0.4, -0.2) is 40.5 Å². The number of hydrogen-bond acceptors (Lipinski definition) is 5. The van der Waals surface area contributed by atoms with Crippen molar-refractivity contribution in [1.82, 2.24) is 4.90 Å². The molecule has 2 aromatic rings. The number of ether oxygens (including phenoxy) is 1. The van der Waals surface area contributed by atoms with Gasteiger partial charge in [-0.3, -0.25) is 14.9 Å². The van der Waals surface area contributed by atoms with E-state index in [1.54, 1.807) is 4.90 Å². The Kier molecular flexibility index (Phi) is 4.43. The lowest BCUT2D eigenvalue weighted by Crippen LogP contribution is -2.42. The predicted octanol–water partition coefficient (Wildman–Crippen LogP) is 2.51. The highest BCUT2D eigenvalue weighted by atomic mass is 16.6. The fourth-order valence-corrected chi connectivity index (χ4v) is 2.69. The second kappa shape index (κ2) is 6.67. The van der Waals surface area contributed by atoms with Gasteiger partial charge in [-0.1, -0.05) is 30.3 Å². The standard InChI is InChI=1S/C17H16N2O5/c20-15-7-6-13(10-14(15)19(22)23)17(21)18-8-9-24-16(11-18)12-4-2-1-3-5-12/h1-7,10,16,20H,8-9,11H2/t16-/m1/s1. The number of morpholine rings is 1. The van der Waals surface area contributed by atoms with Crippen molar-refractivity contribution in [3.05, 3.63) is 69.8 Å². The molecule has 0 unspecified atom stereocenters. The Labute approximate surface area is 138 Å². The number of phenols is 1. The molecule has 1 fully saturated rings. The third-order valence-electron chi connectivity index (χ3n) is 3.94. The Balaban J connectivity index is 1.80. The zero-order valence-corrected chi connectivity index (χ0v) is 12.8. The van der Waals surface area contributed by atoms with E-state index < -0.39 is 16.4 Å². The fourth-order valence-electron chi connectivity index (χ4n) is 2.69. The molecule has 7 heteroatoms. The summed E-state index contributed by atoms with van der Waals surface area (Å²) in [5, 5.41) is 20.4. The molecule has 0 aliphatic carbocycles. The van der Waals surface area contributed by atoms with Crippen molar-refractivity contribution >= 4 is 11.6 Å². The first kappa shape index (κ1) is 15.9. The molecule has 0 spiro atoms. The summed E-state index contributed by atoms with van der Waals surface area (Å²) in [6, 6.07) is 13.2. The maximum absolute atomic E-state index is 12.6. The molecule has 2 aromatic carbocycles. The zero-order valence-electron chi connectivity index (χ0n) is 12.8. The maximum Gasteiger partial charge on any atom is 0.311 e. The molecule has 1 saturated heterocycles. The van der Waals surface area contributed by atoms with Gasteiger partial charge < -0.3 is 14.7 Å². The molecule has 1 N–H and O–H groups in total. The molecule has 0 bridgehead atoms. The van der Waals surface area contributed by atoms with Gasteiger partial charge in [0.2, 0.25) is 0 Å². The second-order valence-electron chi connectivity index (χ2n) is 5.48. The van der Waals surface area contributed by atoms with Crippen LogP contribution in [0.25, 0.3) is 0 Å². The minimum atomic E-state index is -0.710. The lowest BCUT2D eigenvalue weighted by atomic mass is 10.1. The Morgan fingerprint density at radius 1 is 1.25 bits per heavy atom. The van der Waals surface area contributed by atoms with Gasteiger partial charge in [0.05, 0.1) is 18.1 Å². The topological polar surface area (TPSA) is 92.9 Å². The molecule has 1 aliphatic heterocycles. The summed E-state index contributed by atoms with van der Waals surface area (Å²) < 4.78 is 5.72. The first-order chi connectivity index (χ1) is 11.6. The maximum atomic E-state index is 12.6. The number of rotatable bonds is 3. The van der Waals surface area contributed by atoms with Gasteiger partial charge in [-0.05, 0) is 17.7 Å². The van der Waals surface area contributed by atoms with E-state index in [0.29, 0.717) is 19.7 Å². The van der Waals surface area contributed by atoms with E-state index in [1.807, 2.05) is 30.3 Å². The van der Waals surface area contributed by atoms with Crippen molar-refractivity contribution in [2.24, 2.45) is 0 Å². The van der Waals surface area contributed by atoms with E-state index in [9.17, 15) is 20.0 Å². The quantitative estimate of drug-likeness (QED) is 0.690. The van der Waals surface area contributed by atoms with Crippen molar-refractivity contribution in [2.45, 2.75) is 6.10 Å². The van der Waals surface area contributed by atoms with Gasteiger partial charge in [0.15, 0.2) is 5.75 Å². The lowest BCUT2D eigenvalue weighted by molar-refractivity contribution is -0.385. The highest BCUT2D eigenvalue weighted by Crippen LogP contribution is 2.28. The summed E-state index contributed by atoms with van der Waals surface area (Å²) in [6.45, 7) is 1.18. The average Bonchev–Trinajstić information content (AvgIpc) is 2.62. The molecular weight excluding hydrogens is 312 g/mol. The molecule has 7 nitrogen and oxygen atoms in total. The lowest BCUT2D eigenvalue weighted by Gasteiger charge is -2.33. The summed E-state index contributed by atoms with van der Waals surface area (Å²) in [5.41, 5.74) is 0.675. The number of hydrogen-bond donors (Lipinski definition) is 1. The minimum absolute atomic E-state index is 0.174. The number of amides is 1. The molecule has 0 aromatic heterocycles. The number of benzene rings is 2. The highest BCUT2D eigenvalue weighted by Gasteiger charge is 2.27. The zero-order chi connectivity index (χ0) is 17.1. The van der Waals surface area contributed by atoms with E-state index in [-0.39, 0.29) is 17.6 Å². The Hall–Kier alpha value is -2.93. The van der Waals surface area contributed by atoms with Gasteiger partial charge >= 0.3 is 5.69 Å². The van der Waals surface area contributed by atoms with Crippen molar-refractivity contribution in [3.63, 3.8) is 0 Å². The van der Waals surface area contributed by atoms with Crippen LogP contribution in [0.4, 0.5) is 5.69 Å². The third-order valence-corrected chi connectivity index (χ3v) is 3.94. The van der Waals surface area contributed by atoms with E-state index in [0.717, 1.165) is 11.6 Å². The number of carbonyl (C=O) groups excluding carboxylic acids is 1. The molecule has 0 saturated carbocycles. The van der Waals surface area contributed by atoms with Crippen molar-refractivity contribution in [1.29, 1.82) is 0 Å². The van der Waals surface area contributed by atoms with Crippen LogP contribution in [0.5, 0.6) is 5.75 Å². The number of aromatic hydroxyl groups is 1. The number of nitrogens with zero attached hydrogens (tertiary/aromatic N) is 2. The van der Waals surface area contributed by atoms with Crippen LogP contribution in [0.3, 0.4) is 0 Å². The van der Waals surface area contributed by atoms with Gasteiger partial charge in [0.25, 0.3) is 5.91 Å². The van der Waals surface area contributed by atoms with Crippen molar-refractivity contribution in [2.75, 3.05) is 19.7 Å². The molecular formula is C17H16N2O5. The van der Waals surface area contributed by atoms with Crippen LogP contribution in [0.1, 0.15) is 22.0 Å². The Bertz CT molecular complexity index is 763. The fraction of sp³-hybridized carbons (Fsp3) is 0.235. The van der Waals surface area contributed by atoms with Crippen LogP contribution < -0.4 is 0 Å². The highest BCUT2D eigenvalue weighted by molar-refractivity contribution is 5.95. The van der Waals surface area contributed by atoms with Gasteiger partial charge in [0, 0.05) is 18.2 Å². The van der Waals surface area contributed by atoms with Gasteiger partial charge in [-0.15, -0.1) is 0 Å². The van der Waals surface area contributed by atoms with Crippen molar-refractivity contribution < 1.29 is 19.6 Å². The smallest absolute Gasteiger partial charge is 0.311 e. The van der Waals surface area contributed by atoms with Crippen LogP contribution >= 0.6 is 0 Å². The second-order valence-corrected chi connectivity index (χ2v) is 5.48. The molecule has 24 heavy (non-hydrogen) atoms. The number of nitro groups is 1. The van der Waals surface area contributed by atoms with Crippen LogP contribution in [0.15, 0.2) is 48.5 Å². The minimum Gasteiger partial charge on any atom is -0.502 e. The SMILES string of the molecule is O=C(c1ccc(O)c([N+](=O)[O-])c1)N1CCO[C@@H](c2ccccc2)C1. The monoisotopic (exact) mass is 328 g/mol. The van der Waals surface area contributed by atoms with Crippen LogP contribution in [-0.2, 0) is 4.74 Å². The van der Waals surface area contributed by atoms with Gasteiger partial charge in [0.1, 0.15) is 6.10 Å². The molecule has 1 heterocycles. The van der Waals surface area contributed by atoms with Gasteiger partial charge in [-0.2, -0.15) is 0 Å². The summed E-state index contributed by atoms with van der Waals surface area (Å²) in [7, 11) is 0. The van der Waals surface area contributed by atoms with Gasteiger partial charge in [-0.25, -0.2) is 0 Å². The first-order valence-electron chi connectivity index (χ1n) is 7.49. The largest absolute Gasteiger partial charge is 0.502 e. The van der Waals surface area contributed by atoms with E-state index in [2.05, 4.69) is 0 Å². The van der Waals surface area contributed by atoms with Crippen molar-refractivity contribution in [3.8, 4) is 5.75 Å². The molecule has 1 atom stereocenters. The van der Waals surface area contributed by atoms with Crippen LogP contribution in [0, 0.1) is 10.1 Å². The molecule has 1 amide bonds. The molecule has 124 valence electrons. The van der Waals surface area contributed by atoms with E-state index >= 15 is 0 Å². The summed E-state index contributed by atoms with van der Waals surface area (Å²) in [4.78, 5) is 24.4. The molecule has 0 radical (unpaired) electrons.